The fraction of sp³-hybridized carbons (Fsp3) is 0.375. The van der Waals surface area contributed by atoms with Crippen LogP contribution in [-0.2, 0) is 26.0 Å². The predicted octanol–water partition coefficient (Wildman–Crippen LogP) is 6.94. The van der Waals surface area contributed by atoms with Crippen molar-refractivity contribution in [2.75, 3.05) is 4.72 Å². The van der Waals surface area contributed by atoms with Crippen LogP contribution in [0.15, 0.2) is 95.4 Å². The molecule has 40 heavy (non-hydrogen) atoms. The molecule has 0 saturated heterocycles. The Bertz CT molecular complexity index is 1460. The van der Waals surface area contributed by atoms with Gasteiger partial charge in [0.2, 0.25) is 0 Å². The first kappa shape index (κ1) is 29.3. The molecule has 1 aromatic heterocycles. The Morgan fingerprint density at radius 2 is 1.75 bits per heavy atom. The van der Waals surface area contributed by atoms with Gasteiger partial charge in [-0.1, -0.05) is 82.6 Å². The molecule has 2 atom stereocenters. The van der Waals surface area contributed by atoms with Crippen molar-refractivity contribution in [3.8, 4) is 0 Å². The van der Waals surface area contributed by atoms with Crippen molar-refractivity contribution in [1.29, 1.82) is 0 Å². The second-order valence-electron chi connectivity index (χ2n) is 11.5. The van der Waals surface area contributed by atoms with E-state index in [0.29, 0.717) is 24.1 Å². The summed E-state index contributed by atoms with van der Waals surface area (Å²) in [5, 5.41) is 11.4. The van der Waals surface area contributed by atoms with Gasteiger partial charge in [-0.2, -0.15) is 8.42 Å². The minimum atomic E-state index is -3.90. The number of aliphatic hydroxyl groups is 1. The van der Waals surface area contributed by atoms with Crippen LogP contribution in [0.25, 0.3) is 0 Å². The molecule has 1 aliphatic rings. The number of benzene rings is 2. The largest absolute Gasteiger partial charge is 0.512 e. The van der Waals surface area contributed by atoms with Crippen molar-refractivity contribution < 1.29 is 23.1 Å². The van der Waals surface area contributed by atoms with E-state index in [1.54, 1.807) is 30.3 Å². The van der Waals surface area contributed by atoms with Crippen molar-refractivity contribution in [3.63, 3.8) is 0 Å². The summed E-state index contributed by atoms with van der Waals surface area (Å²) in [5.74, 6) is -1.02. The van der Waals surface area contributed by atoms with E-state index >= 15 is 0 Å². The molecule has 0 aliphatic carbocycles. The van der Waals surface area contributed by atoms with E-state index in [1.165, 1.54) is 12.3 Å². The second-order valence-corrected chi connectivity index (χ2v) is 13.2. The first-order valence-corrected chi connectivity index (χ1v) is 15.2. The van der Waals surface area contributed by atoms with Crippen LogP contribution in [0.5, 0.6) is 0 Å². The predicted molar refractivity (Wildman–Crippen MR) is 156 cm³/mol. The standard InChI is InChI=1S/C32H38N2O5S/c1-5-18-32(19-17-23-12-7-6-8-13-23)22-26(35)28(30(36)39-32)29(31(2,3)4)24-14-11-15-25(21-24)34-40(37,38)27-16-9-10-20-33-27/h6-16,20-21,29,34-35H,5,17-19,22H2,1-4H3/t29?,32-/m0/s1. The monoisotopic (exact) mass is 562 g/mol. The number of rotatable bonds is 10. The summed E-state index contributed by atoms with van der Waals surface area (Å²) in [5.41, 5.74) is 1.14. The highest BCUT2D eigenvalue weighted by Gasteiger charge is 2.46. The van der Waals surface area contributed by atoms with Crippen LogP contribution in [0.1, 0.15) is 70.4 Å². The summed E-state index contributed by atoms with van der Waals surface area (Å²) in [6, 6.07) is 21.6. The van der Waals surface area contributed by atoms with Crippen LogP contribution in [0, 0.1) is 5.41 Å². The molecule has 2 heterocycles. The molecule has 2 N–H and O–H groups in total. The number of cyclic esters (lactones) is 1. The zero-order chi connectivity index (χ0) is 29.0. The molecule has 0 spiro atoms. The number of nitrogens with one attached hydrogen (secondary N) is 1. The average Bonchev–Trinajstić information content (AvgIpc) is 2.90. The van der Waals surface area contributed by atoms with Crippen LogP contribution in [0.3, 0.4) is 0 Å². The zero-order valence-electron chi connectivity index (χ0n) is 23.6. The summed E-state index contributed by atoms with van der Waals surface area (Å²) >= 11 is 0. The molecule has 4 rings (SSSR count). The zero-order valence-corrected chi connectivity index (χ0v) is 24.4. The van der Waals surface area contributed by atoms with E-state index in [0.717, 1.165) is 18.4 Å². The van der Waals surface area contributed by atoms with Gasteiger partial charge in [-0.3, -0.25) is 4.72 Å². The number of aliphatic hydroxyl groups excluding tert-OH is 1. The maximum Gasteiger partial charge on any atom is 0.338 e. The number of aromatic nitrogens is 1. The molecule has 0 amide bonds. The third-order valence-electron chi connectivity index (χ3n) is 7.29. The Morgan fingerprint density at radius 3 is 2.38 bits per heavy atom. The molecule has 7 nitrogen and oxygen atoms in total. The number of anilines is 1. The van der Waals surface area contributed by atoms with Gasteiger partial charge in [0, 0.05) is 24.2 Å². The van der Waals surface area contributed by atoms with Crippen molar-refractivity contribution in [1.82, 2.24) is 4.98 Å². The molecule has 1 unspecified atom stereocenters. The average molecular weight is 563 g/mol. The Kier molecular flexibility index (Phi) is 8.68. The lowest BCUT2D eigenvalue weighted by Gasteiger charge is -2.41. The lowest BCUT2D eigenvalue weighted by molar-refractivity contribution is -0.161. The number of hydrogen-bond donors (Lipinski definition) is 2. The minimum Gasteiger partial charge on any atom is -0.512 e. The number of carbonyl (C=O) groups excluding carboxylic acids is 1. The van der Waals surface area contributed by atoms with Gasteiger partial charge in [-0.25, -0.2) is 9.78 Å². The third kappa shape index (κ3) is 6.73. The van der Waals surface area contributed by atoms with Gasteiger partial charge in [0.1, 0.15) is 11.4 Å². The van der Waals surface area contributed by atoms with Crippen LogP contribution in [0.2, 0.25) is 0 Å². The van der Waals surface area contributed by atoms with Crippen LogP contribution < -0.4 is 4.72 Å². The van der Waals surface area contributed by atoms with Crippen LogP contribution in [0.4, 0.5) is 5.69 Å². The number of carbonyl (C=O) groups is 1. The fourth-order valence-electron chi connectivity index (χ4n) is 5.56. The van der Waals surface area contributed by atoms with Gasteiger partial charge in [0.05, 0.1) is 5.57 Å². The van der Waals surface area contributed by atoms with E-state index < -0.39 is 32.9 Å². The highest BCUT2D eigenvalue weighted by Crippen LogP contribution is 2.47. The highest BCUT2D eigenvalue weighted by molar-refractivity contribution is 7.92. The number of esters is 1. The number of sulfonamides is 1. The Balaban J connectivity index is 1.66. The first-order valence-electron chi connectivity index (χ1n) is 13.7. The molecule has 0 fully saturated rings. The Hall–Kier alpha value is -3.65. The van der Waals surface area contributed by atoms with E-state index in [4.69, 9.17) is 4.74 Å². The van der Waals surface area contributed by atoms with Gasteiger partial charge in [-0.05, 0) is 60.1 Å². The Morgan fingerprint density at radius 1 is 1.02 bits per heavy atom. The lowest BCUT2D eigenvalue weighted by atomic mass is 9.70. The number of ether oxygens (including phenoxy) is 1. The topological polar surface area (TPSA) is 106 Å². The molecular weight excluding hydrogens is 524 g/mol. The third-order valence-corrected chi connectivity index (χ3v) is 8.58. The van der Waals surface area contributed by atoms with Crippen molar-refractivity contribution >= 4 is 21.7 Å². The number of aryl methyl sites for hydroxylation is 1. The molecular formula is C32H38N2O5S. The molecule has 1 aliphatic heterocycles. The Labute approximate surface area is 237 Å². The molecule has 8 heteroatoms. The van der Waals surface area contributed by atoms with Crippen molar-refractivity contribution in [2.24, 2.45) is 5.41 Å². The van der Waals surface area contributed by atoms with E-state index in [2.05, 4.69) is 21.8 Å². The molecule has 2 aromatic carbocycles. The molecule has 0 bridgehead atoms. The normalized spacial score (nSPS) is 18.8. The lowest BCUT2D eigenvalue weighted by Crippen LogP contribution is -2.43. The molecule has 0 saturated carbocycles. The van der Waals surface area contributed by atoms with E-state index in [1.807, 2.05) is 52.0 Å². The second kappa shape index (κ2) is 11.8. The van der Waals surface area contributed by atoms with Gasteiger partial charge in [-0.15, -0.1) is 0 Å². The fourth-order valence-corrected chi connectivity index (χ4v) is 6.56. The number of nitrogens with zero attached hydrogens (tertiary/aromatic N) is 1. The van der Waals surface area contributed by atoms with E-state index in [9.17, 15) is 18.3 Å². The first-order chi connectivity index (χ1) is 18.9. The number of hydrogen-bond acceptors (Lipinski definition) is 6. The van der Waals surface area contributed by atoms with Gasteiger partial charge >= 0.3 is 5.97 Å². The van der Waals surface area contributed by atoms with Gasteiger partial charge < -0.3 is 9.84 Å². The van der Waals surface area contributed by atoms with Crippen LogP contribution >= 0.6 is 0 Å². The number of pyridine rings is 1. The molecule has 0 radical (unpaired) electrons. The van der Waals surface area contributed by atoms with Crippen LogP contribution in [-0.4, -0.2) is 30.1 Å². The summed E-state index contributed by atoms with van der Waals surface area (Å²) in [6.45, 7) is 8.00. The van der Waals surface area contributed by atoms with Crippen molar-refractivity contribution in [2.45, 2.75) is 76.3 Å². The summed E-state index contributed by atoms with van der Waals surface area (Å²) in [6.07, 6.45) is 4.47. The smallest absolute Gasteiger partial charge is 0.338 e. The quantitative estimate of drug-likeness (QED) is 0.259. The minimum absolute atomic E-state index is 0.0390. The van der Waals surface area contributed by atoms with Crippen molar-refractivity contribution in [3.05, 3.63) is 101 Å². The summed E-state index contributed by atoms with van der Waals surface area (Å²) < 4.78 is 34.6. The molecule has 212 valence electrons. The SMILES string of the molecule is CCC[C@]1(CCc2ccccc2)CC(O)=C(C(c2cccc(NS(=O)(=O)c3ccccn3)c2)C(C)(C)C)C(=O)O1. The maximum absolute atomic E-state index is 13.7. The molecule has 3 aromatic rings. The maximum atomic E-state index is 13.7. The van der Waals surface area contributed by atoms with E-state index in [-0.39, 0.29) is 22.8 Å². The van der Waals surface area contributed by atoms with Gasteiger partial charge in [0.15, 0.2) is 5.03 Å². The highest BCUT2D eigenvalue weighted by atomic mass is 32.2. The summed E-state index contributed by atoms with van der Waals surface area (Å²) in [7, 11) is -3.90. The van der Waals surface area contributed by atoms with Gasteiger partial charge in [0.25, 0.3) is 10.0 Å². The summed E-state index contributed by atoms with van der Waals surface area (Å²) in [4.78, 5) is 17.7.